The molecule has 0 radical (unpaired) electrons. The first-order valence-corrected chi connectivity index (χ1v) is 9.21. The summed E-state index contributed by atoms with van der Waals surface area (Å²) in [4.78, 5) is 16.4. The maximum absolute atomic E-state index is 13.2. The Bertz CT molecular complexity index is 898. The largest absolute Gasteiger partial charge is 0.327 e. The van der Waals surface area contributed by atoms with Crippen LogP contribution < -0.4 is 0 Å². The molecule has 0 spiro atoms. The fourth-order valence-corrected chi connectivity index (χ4v) is 4.31. The molecule has 0 saturated heterocycles. The SMILES string of the molecule is Cc1ccc(C2c3ccsc3CCN2C(=O)c2ccc(F)cc2)cc1. The number of thiophene rings is 1. The molecule has 2 aromatic carbocycles. The van der Waals surface area contributed by atoms with Crippen molar-refractivity contribution >= 4 is 17.2 Å². The summed E-state index contributed by atoms with van der Waals surface area (Å²) in [6.07, 6.45) is 0.863. The quantitative estimate of drug-likeness (QED) is 0.637. The van der Waals surface area contributed by atoms with E-state index in [9.17, 15) is 9.18 Å². The number of fused-ring (bicyclic) bond motifs is 1. The number of carbonyl (C=O) groups is 1. The van der Waals surface area contributed by atoms with E-state index >= 15 is 0 Å². The van der Waals surface area contributed by atoms with E-state index in [1.54, 1.807) is 23.5 Å². The van der Waals surface area contributed by atoms with Crippen molar-refractivity contribution in [2.45, 2.75) is 19.4 Å². The molecule has 1 aliphatic rings. The highest BCUT2D eigenvalue weighted by Crippen LogP contribution is 2.38. The number of amides is 1. The predicted molar refractivity (Wildman–Crippen MR) is 98.5 cm³/mol. The summed E-state index contributed by atoms with van der Waals surface area (Å²) in [5, 5.41) is 2.09. The Labute approximate surface area is 150 Å². The molecular formula is C21H18FNOS. The number of hydrogen-bond acceptors (Lipinski definition) is 2. The number of halogens is 1. The molecule has 4 heteroatoms. The van der Waals surface area contributed by atoms with Crippen molar-refractivity contribution in [3.05, 3.63) is 92.9 Å². The lowest BCUT2D eigenvalue weighted by molar-refractivity contribution is 0.0696. The van der Waals surface area contributed by atoms with Crippen molar-refractivity contribution in [3.8, 4) is 0 Å². The second-order valence-corrected chi connectivity index (χ2v) is 7.37. The Morgan fingerprint density at radius 1 is 1.08 bits per heavy atom. The minimum atomic E-state index is -0.328. The zero-order chi connectivity index (χ0) is 17.4. The van der Waals surface area contributed by atoms with E-state index in [1.807, 2.05) is 4.90 Å². The van der Waals surface area contributed by atoms with E-state index in [2.05, 4.69) is 42.6 Å². The van der Waals surface area contributed by atoms with Crippen molar-refractivity contribution in [1.29, 1.82) is 0 Å². The van der Waals surface area contributed by atoms with Gasteiger partial charge in [-0.2, -0.15) is 0 Å². The third-order valence-electron chi connectivity index (χ3n) is 4.71. The molecule has 1 atom stereocenters. The molecule has 3 aromatic rings. The molecule has 2 nitrogen and oxygen atoms in total. The summed E-state index contributed by atoms with van der Waals surface area (Å²) in [6.45, 7) is 2.73. The monoisotopic (exact) mass is 351 g/mol. The molecular weight excluding hydrogens is 333 g/mol. The van der Waals surface area contributed by atoms with Gasteiger partial charge in [-0.25, -0.2) is 4.39 Å². The minimum absolute atomic E-state index is 0.0533. The molecule has 2 heterocycles. The van der Waals surface area contributed by atoms with Crippen molar-refractivity contribution in [2.24, 2.45) is 0 Å². The van der Waals surface area contributed by atoms with Gasteiger partial charge in [0.05, 0.1) is 6.04 Å². The van der Waals surface area contributed by atoms with Crippen LogP contribution in [0.15, 0.2) is 60.0 Å². The average molecular weight is 351 g/mol. The van der Waals surface area contributed by atoms with Crippen LogP contribution in [0.5, 0.6) is 0 Å². The molecule has 1 aromatic heterocycles. The van der Waals surface area contributed by atoms with Gasteiger partial charge in [-0.3, -0.25) is 4.79 Å². The third-order valence-corrected chi connectivity index (χ3v) is 5.71. The second kappa shape index (κ2) is 6.45. The fourth-order valence-electron chi connectivity index (χ4n) is 3.40. The number of hydrogen-bond donors (Lipinski definition) is 0. The Hall–Kier alpha value is -2.46. The van der Waals surface area contributed by atoms with Crippen molar-refractivity contribution in [3.63, 3.8) is 0 Å². The highest BCUT2D eigenvalue weighted by Gasteiger charge is 2.33. The summed E-state index contributed by atoms with van der Waals surface area (Å²) in [6, 6.07) is 16.2. The van der Waals surface area contributed by atoms with Gasteiger partial charge in [0.2, 0.25) is 0 Å². The highest BCUT2D eigenvalue weighted by atomic mass is 32.1. The topological polar surface area (TPSA) is 20.3 Å². The van der Waals surface area contributed by atoms with Gasteiger partial charge in [0.1, 0.15) is 5.82 Å². The molecule has 0 fully saturated rings. The molecule has 126 valence electrons. The van der Waals surface area contributed by atoms with Crippen LogP contribution >= 0.6 is 11.3 Å². The summed E-state index contributed by atoms with van der Waals surface area (Å²) >= 11 is 1.75. The van der Waals surface area contributed by atoms with Crippen LogP contribution in [0.1, 0.15) is 38.0 Å². The second-order valence-electron chi connectivity index (χ2n) is 6.37. The van der Waals surface area contributed by atoms with Gasteiger partial charge in [-0.15, -0.1) is 11.3 Å². The molecule has 0 aliphatic carbocycles. The van der Waals surface area contributed by atoms with Gasteiger partial charge < -0.3 is 4.90 Å². The Balaban J connectivity index is 1.76. The molecule has 1 amide bonds. The van der Waals surface area contributed by atoms with Crippen LogP contribution in [0, 0.1) is 12.7 Å². The molecule has 4 rings (SSSR count). The summed E-state index contributed by atoms with van der Waals surface area (Å²) in [7, 11) is 0. The lowest BCUT2D eigenvalue weighted by Crippen LogP contribution is -2.40. The van der Waals surface area contributed by atoms with E-state index in [-0.39, 0.29) is 17.8 Å². The van der Waals surface area contributed by atoms with Gasteiger partial charge in [0.15, 0.2) is 0 Å². The smallest absolute Gasteiger partial charge is 0.254 e. The van der Waals surface area contributed by atoms with E-state index < -0.39 is 0 Å². The lowest BCUT2D eigenvalue weighted by Gasteiger charge is -2.36. The molecule has 1 unspecified atom stereocenters. The van der Waals surface area contributed by atoms with E-state index in [0.717, 1.165) is 12.0 Å². The lowest BCUT2D eigenvalue weighted by atomic mass is 9.92. The molecule has 1 aliphatic heterocycles. The van der Waals surface area contributed by atoms with E-state index in [1.165, 1.54) is 28.1 Å². The van der Waals surface area contributed by atoms with Crippen LogP contribution in [0.3, 0.4) is 0 Å². The minimum Gasteiger partial charge on any atom is -0.327 e. The summed E-state index contributed by atoms with van der Waals surface area (Å²) < 4.78 is 13.2. The van der Waals surface area contributed by atoms with Gasteiger partial charge in [0, 0.05) is 17.0 Å². The van der Waals surface area contributed by atoms with Crippen LogP contribution in [-0.2, 0) is 6.42 Å². The zero-order valence-electron chi connectivity index (χ0n) is 13.9. The van der Waals surface area contributed by atoms with Crippen molar-refractivity contribution in [1.82, 2.24) is 4.90 Å². The van der Waals surface area contributed by atoms with Crippen molar-refractivity contribution in [2.75, 3.05) is 6.54 Å². The highest BCUT2D eigenvalue weighted by molar-refractivity contribution is 7.10. The van der Waals surface area contributed by atoms with Crippen LogP contribution in [0.4, 0.5) is 4.39 Å². The molecule has 25 heavy (non-hydrogen) atoms. The number of rotatable bonds is 2. The molecule has 0 bridgehead atoms. The maximum Gasteiger partial charge on any atom is 0.254 e. The van der Waals surface area contributed by atoms with E-state index in [4.69, 9.17) is 0 Å². The van der Waals surface area contributed by atoms with Crippen molar-refractivity contribution < 1.29 is 9.18 Å². The third kappa shape index (κ3) is 2.98. The number of aryl methyl sites for hydroxylation is 1. The Morgan fingerprint density at radius 3 is 2.52 bits per heavy atom. The summed E-state index contributed by atoms with van der Waals surface area (Å²) in [5.41, 5.74) is 4.04. The first kappa shape index (κ1) is 16.0. The number of nitrogens with zero attached hydrogens (tertiary/aromatic N) is 1. The molecule has 0 saturated carbocycles. The van der Waals surface area contributed by atoms with Crippen LogP contribution in [-0.4, -0.2) is 17.4 Å². The fraction of sp³-hybridized carbons (Fsp3) is 0.190. The Kier molecular flexibility index (Phi) is 4.14. The average Bonchev–Trinajstić information content (AvgIpc) is 3.10. The predicted octanol–water partition coefficient (Wildman–Crippen LogP) is 4.98. The zero-order valence-corrected chi connectivity index (χ0v) is 14.7. The normalized spacial score (nSPS) is 16.6. The van der Waals surface area contributed by atoms with Crippen LogP contribution in [0.25, 0.3) is 0 Å². The van der Waals surface area contributed by atoms with Crippen LogP contribution in [0.2, 0.25) is 0 Å². The Morgan fingerprint density at radius 2 is 1.80 bits per heavy atom. The maximum atomic E-state index is 13.2. The van der Waals surface area contributed by atoms with E-state index in [0.29, 0.717) is 12.1 Å². The van der Waals surface area contributed by atoms with Gasteiger partial charge in [0.25, 0.3) is 5.91 Å². The van der Waals surface area contributed by atoms with Gasteiger partial charge >= 0.3 is 0 Å². The molecule has 0 N–H and O–H groups in total. The standard InChI is InChI=1S/C21H18FNOS/c1-14-2-4-15(5-3-14)20-18-11-13-25-19(18)10-12-23(20)21(24)16-6-8-17(22)9-7-16/h2-9,11,13,20H,10,12H2,1H3. The van der Waals surface area contributed by atoms with Gasteiger partial charge in [-0.1, -0.05) is 29.8 Å². The van der Waals surface area contributed by atoms with Gasteiger partial charge in [-0.05, 0) is 60.2 Å². The number of carbonyl (C=O) groups excluding carboxylic acids is 1. The number of benzene rings is 2. The first-order chi connectivity index (χ1) is 12.1. The first-order valence-electron chi connectivity index (χ1n) is 8.33. The summed E-state index contributed by atoms with van der Waals surface area (Å²) in [5.74, 6) is -0.382.